The van der Waals surface area contributed by atoms with Crippen molar-refractivity contribution in [2.75, 3.05) is 20.2 Å². The van der Waals surface area contributed by atoms with Gasteiger partial charge in [-0.1, -0.05) is 6.07 Å². The Labute approximate surface area is 145 Å². The highest BCUT2D eigenvalue weighted by Gasteiger charge is 2.25. The second-order valence-corrected chi connectivity index (χ2v) is 5.92. The normalized spacial score (nSPS) is 15.1. The molecule has 25 heavy (non-hydrogen) atoms. The first-order chi connectivity index (χ1) is 12.1. The molecule has 0 radical (unpaired) electrons. The van der Waals surface area contributed by atoms with Gasteiger partial charge in [-0.3, -0.25) is 4.79 Å². The third-order valence-corrected chi connectivity index (χ3v) is 4.24. The molecule has 0 atom stereocenters. The summed E-state index contributed by atoms with van der Waals surface area (Å²) in [4.78, 5) is 14.3. The lowest BCUT2D eigenvalue weighted by atomic mass is 10.1. The van der Waals surface area contributed by atoms with Gasteiger partial charge in [0.05, 0.1) is 7.11 Å². The zero-order valence-electron chi connectivity index (χ0n) is 13.9. The van der Waals surface area contributed by atoms with E-state index in [1.807, 2.05) is 0 Å². The molecular formula is C19H19F2NO3. The van der Waals surface area contributed by atoms with Gasteiger partial charge in [-0.05, 0) is 30.3 Å². The fourth-order valence-electron chi connectivity index (χ4n) is 2.86. The van der Waals surface area contributed by atoms with Crippen LogP contribution in [-0.2, 0) is 0 Å². The van der Waals surface area contributed by atoms with Gasteiger partial charge in [-0.15, -0.1) is 0 Å². The zero-order chi connectivity index (χ0) is 17.8. The molecule has 0 aliphatic carbocycles. The van der Waals surface area contributed by atoms with Crippen molar-refractivity contribution in [2.24, 2.45) is 0 Å². The summed E-state index contributed by atoms with van der Waals surface area (Å²) < 4.78 is 37.0. The van der Waals surface area contributed by atoms with Crippen LogP contribution in [0.4, 0.5) is 8.78 Å². The molecule has 2 aromatic rings. The Balaban J connectivity index is 1.57. The Bertz CT molecular complexity index is 758. The highest BCUT2D eigenvalue weighted by molar-refractivity contribution is 5.94. The predicted octanol–water partition coefficient (Wildman–Crippen LogP) is 3.66. The Morgan fingerprint density at radius 3 is 2.48 bits per heavy atom. The van der Waals surface area contributed by atoms with Crippen LogP contribution < -0.4 is 9.47 Å². The molecule has 0 unspecified atom stereocenters. The third kappa shape index (κ3) is 4.07. The fraction of sp³-hybridized carbons (Fsp3) is 0.316. The van der Waals surface area contributed by atoms with Gasteiger partial charge in [0, 0.05) is 37.6 Å². The number of carbonyl (C=O) groups is 1. The topological polar surface area (TPSA) is 38.8 Å². The van der Waals surface area contributed by atoms with E-state index in [0.717, 1.165) is 12.1 Å². The first kappa shape index (κ1) is 17.2. The Hall–Kier alpha value is -2.63. The van der Waals surface area contributed by atoms with Gasteiger partial charge < -0.3 is 14.4 Å². The van der Waals surface area contributed by atoms with Crippen molar-refractivity contribution in [2.45, 2.75) is 18.9 Å². The van der Waals surface area contributed by atoms with E-state index in [-0.39, 0.29) is 12.0 Å². The van der Waals surface area contributed by atoms with Crippen LogP contribution in [0.5, 0.6) is 11.5 Å². The number of halogens is 2. The van der Waals surface area contributed by atoms with E-state index < -0.39 is 11.6 Å². The number of likely N-dealkylation sites (tertiary alicyclic amines) is 1. The molecule has 0 N–H and O–H groups in total. The van der Waals surface area contributed by atoms with Crippen LogP contribution in [0.1, 0.15) is 23.2 Å². The van der Waals surface area contributed by atoms with Gasteiger partial charge in [0.2, 0.25) is 0 Å². The molecular weight excluding hydrogens is 328 g/mol. The molecule has 3 rings (SSSR count). The van der Waals surface area contributed by atoms with Crippen molar-refractivity contribution in [3.63, 3.8) is 0 Å². The van der Waals surface area contributed by atoms with E-state index in [4.69, 9.17) is 9.47 Å². The number of benzene rings is 2. The van der Waals surface area contributed by atoms with Crippen molar-refractivity contribution in [1.29, 1.82) is 0 Å². The van der Waals surface area contributed by atoms with Crippen LogP contribution in [0.3, 0.4) is 0 Å². The predicted molar refractivity (Wildman–Crippen MR) is 88.9 cm³/mol. The molecule has 1 saturated heterocycles. The molecule has 0 bridgehead atoms. The van der Waals surface area contributed by atoms with Gasteiger partial charge in [0.15, 0.2) is 11.6 Å². The number of nitrogens with zero attached hydrogens (tertiary/aromatic N) is 1. The second-order valence-electron chi connectivity index (χ2n) is 5.92. The fourth-order valence-corrected chi connectivity index (χ4v) is 2.86. The summed E-state index contributed by atoms with van der Waals surface area (Å²) in [5.41, 5.74) is 0.583. The minimum absolute atomic E-state index is 0.0508. The van der Waals surface area contributed by atoms with Crippen LogP contribution in [0.15, 0.2) is 42.5 Å². The summed E-state index contributed by atoms with van der Waals surface area (Å²) in [6, 6.07) is 10.5. The maximum atomic E-state index is 13.2. The number of carbonyl (C=O) groups excluding carboxylic acids is 1. The quantitative estimate of drug-likeness (QED) is 0.847. The first-order valence-electron chi connectivity index (χ1n) is 8.12. The molecule has 2 aromatic carbocycles. The Morgan fingerprint density at radius 1 is 1.04 bits per heavy atom. The summed E-state index contributed by atoms with van der Waals surface area (Å²) in [6.07, 6.45) is 1.14. The molecule has 0 spiro atoms. The van der Waals surface area contributed by atoms with Crippen LogP contribution in [0.25, 0.3) is 0 Å². The molecule has 1 heterocycles. The molecule has 0 aromatic heterocycles. The number of hydrogen-bond acceptors (Lipinski definition) is 3. The van der Waals surface area contributed by atoms with Gasteiger partial charge in [-0.2, -0.15) is 0 Å². The SMILES string of the molecule is COc1cccc(C(=O)N2CCC(Oc3ccc(F)c(F)c3)CC2)c1. The lowest BCUT2D eigenvalue weighted by Crippen LogP contribution is -2.41. The number of amides is 1. The Morgan fingerprint density at radius 2 is 1.80 bits per heavy atom. The van der Waals surface area contributed by atoms with Gasteiger partial charge in [0.1, 0.15) is 17.6 Å². The summed E-state index contributed by atoms with van der Waals surface area (Å²) in [5, 5.41) is 0. The molecule has 4 nitrogen and oxygen atoms in total. The molecule has 1 amide bonds. The van der Waals surface area contributed by atoms with E-state index in [1.54, 1.807) is 36.3 Å². The summed E-state index contributed by atoms with van der Waals surface area (Å²) in [6.45, 7) is 1.09. The van der Waals surface area contributed by atoms with Crippen molar-refractivity contribution >= 4 is 5.91 Å². The van der Waals surface area contributed by atoms with Crippen molar-refractivity contribution < 1.29 is 23.0 Å². The van der Waals surface area contributed by atoms with Crippen molar-refractivity contribution in [1.82, 2.24) is 4.90 Å². The summed E-state index contributed by atoms with van der Waals surface area (Å²) in [5.74, 6) is -0.932. The third-order valence-electron chi connectivity index (χ3n) is 4.24. The van der Waals surface area contributed by atoms with Crippen LogP contribution in [0, 0.1) is 11.6 Å². The molecule has 132 valence electrons. The monoisotopic (exact) mass is 347 g/mol. The standard InChI is InChI=1S/C19H19F2NO3/c1-24-15-4-2-3-13(11-15)19(23)22-9-7-14(8-10-22)25-16-5-6-17(20)18(21)12-16/h2-6,11-12,14H,7-10H2,1H3. The molecule has 1 aliphatic rings. The largest absolute Gasteiger partial charge is 0.497 e. The van der Waals surface area contributed by atoms with Crippen molar-refractivity contribution in [3.05, 3.63) is 59.7 Å². The van der Waals surface area contributed by atoms with Gasteiger partial charge >= 0.3 is 0 Å². The highest BCUT2D eigenvalue weighted by Crippen LogP contribution is 2.22. The lowest BCUT2D eigenvalue weighted by Gasteiger charge is -2.32. The number of methoxy groups -OCH3 is 1. The highest BCUT2D eigenvalue weighted by atomic mass is 19.2. The number of hydrogen-bond donors (Lipinski definition) is 0. The summed E-state index contributed by atoms with van der Waals surface area (Å²) in [7, 11) is 1.56. The second kappa shape index (κ2) is 7.51. The smallest absolute Gasteiger partial charge is 0.253 e. The molecule has 0 saturated carbocycles. The average molecular weight is 347 g/mol. The average Bonchev–Trinajstić information content (AvgIpc) is 2.65. The number of rotatable bonds is 4. The van der Waals surface area contributed by atoms with Crippen LogP contribution >= 0.6 is 0 Å². The molecule has 6 heteroatoms. The van der Waals surface area contributed by atoms with E-state index in [2.05, 4.69) is 0 Å². The van der Waals surface area contributed by atoms with E-state index in [9.17, 15) is 13.6 Å². The van der Waals surface area contributed by atoms with E-state index in [0.29, 0.717) is 43.0 Å². The zero-order valence-corrected chi connectivity index (χ0v) is 13.9. The summed E-state index contributed by atoms with van der Waals surface area (Å²) >= 11 is 0. The maximum absolute atomic E-state index is 13.2. The lowest BCUT2D eigenvalue weighted by molar-refractivity contribution is 0.0594. The van der Waals surface area contributed by atoms with Crippen molar-refractivity contribution in [3.8, 4) is 11.5 Å². The minimum atomic E-state index is -0.928. The van der Waals surface area contributed by atoms with Crippen LogP contribution in [-0.4, -0.2) is 37.1 Å². The van der Waals surface area contributed by atoms with Gasteiger partial charge in [-0.25, -0.2) is 8.78 Å². The first-order valence-corrected chi connectivity index (χ1v) is 8.12. The van der Waals surface area contributed by atoms with Crippen LogP contribution in [0.2, 0.25) is 0 Å². The Kier molecular flexibility index (Phi) is 5.16. The van der Waals surface area contributed by atoms with Gasteiger partial charge in [0.25, 0.3) is 5.91 Å². The van der Waals surface area contributed by atoms with E-state index in [1.165, 1.54) is 6.07 Å². The number of ether oxygens (including phenoxy) is 2. The van der Waals surface area contributed by atoms with E-state index >= 15 is 0 Å². The maximum Gasteiger partial charge on any atom is 0.253 e. The molecule has 1 aliphatic heterocycles. The minimum Gasteiger partial charge on any atom is -0.497 e. The molecule has 1 fully saturated rings. The number of piperidine rings is 1.